The zero-order valence-electron chi connectivity index (χ0n) is 13.1. The summed E-state index contributed by atoms with van der Waals surface area (Å²) in [6.07, 6.45) is 4.55. The van der Waals surface area contributed by atoms with Crippen LogP contribution in [0, 0.1) is 5.92 Å². The van der Waals surface area contributed by atoms with Crippen LogP contribution in [0.15, 0.2) is 24.3 Å². The van der Waals surface area contributed by atoms with Gasteiger partial charge in [0.2, 0.25) is 0 Å². The number of urea groups is 1. The molecule has 1 aromatic rings. The highest BCUT2D eigenvalue weighted by Gasteiger charge is 2.22. The zero-order valence-corrected chi connectivity index (χ0v) is 13.1. The van der Waals surface area contributed by atoms with Crippen LogP contribution in [0.3, 0.4) is 0 Å². The van der Waals surface area contributed by atoms with Gasteiger partial charge in [-0.1, -0.05) is 12.1 Å². The molecule has 1 saturated heterocycles. The number of nitrogens with zero attached hydrogens (tertiary/aromatic N) is 1. The van der Waals surface area contributed by atoms with Gasteiger partial charge >= 0.3 is 6.03 Å². The van der Waals surface area contributed by atoms with Crippen LogP contribution < -0.4 is 10.1 Å². The van der Waals surface area contributed by atoms with Crippen molar-refractivity contribution in [3.63, 3.8) is 0 Å². The van der Waals surface area contributed by atoms with Gasteiger partial charge in [-0.05, 0) is 56.2 Å². The third kappa shape index (κ3) is 4.66. The van der Waals surface area contributed by atoms with E-state index in [2.05, 4.69) is 17.4 Å². The number of amides is 2. The maximum Gasteiger partial charge on any atom is 0.317 e. The molecule has 1 atom stereocenters. The van der Waals surface area contributed by atoms with Crippen LogP contribution in [0.2, 0.25) is 0 Å². The summed E-state index contributed by atoms with van der Waals surface area (Å²) in [6.45, 7) is 4.45. The van der Waals surface area contributed by atoms with Crippen LogP contribution in [-0.4, -0.2) is 37.7 Å². The fraction of sp³-hybridized carbons (Fsp3) is 0.588. The molecule has 1 aromatic carbocycles. The highest BCUT2D eigenvalue weighted by molar-refractivity contribution is 5.74. The van der Waals surface area contributed by atoms with Crippen LogP contribution in [0.25, 0.3) is 0 Å². The number of piperidine rings is 1. The number of hydrogen-bond donors (Lipinski definition) is 1. The van der Waals surface area contributed by atoms with E-state index < -0.39 is 0 Å². The summed E-state index contributed by atoms with van der Waals surface area (Å²) < 4.78 is 5.18. The topological polar surface area (TPSA) is 41.6 Å². The summed E-state index contributed by atoms with van der Waals surface area (Å²) in [7, 11) is 1.69. The van der Waals surface area contributed by atoms with Crippen molar-refractivity contribution in [3.05, 3.63) is 29.8 Å². The minimum Gasteiger partial charge on any atom is -0.497 e. The van der Waals surface area contributed by atoms with Gasteiger partial charge in [0.05, 0.1) is 7.11 Å². The van der Waals surface area contributed by atoms with Gasteiger partial charge in [0.25, 0.3) is 0 Å². The summed E-state index contributed by atoms with van der Waals surface area (Å²) in [5.41, 5.74) is 1.34. The Bertz CT molecular complexity index is 445. The lowest BCUT2D eigenvalue weighted by Gasteiger charge is -2.32. The lowest BCUT2D eigenvalue weighted by Crippen LogP contribution is -2.45. The Kier molecular flexibility index (Phi) is 5.90. The van der Waals surface area contributed by atoms with Crippen molar-refractivity contribution in [2.24, 2.45) is 5.92 Å². The summed E-state index contributed by atoms with van der Waals surface area (Å²) in [4.78, 5) is 13.9. The predicted molar refractivity (Wildman–Crippen MR) is 84.7 cm³/mol. The SMILES string of the molecule is CCNC(=O)N1CCCC(CCc2ccc(OC)cc2)C1. The molecule has 2 rings (SSSR count). The average molecular weight is 290 g/mol. The lowest BCUT2D eigenvalue weighted by atomic mass is 9.92. The number of likely N-dealkylation sites (tertiary alicyclic amines) is 1. The number of rotatable bonds is 5. The fourth-order valence-corrected chi connectivity index (χ4v) is 2.91. The van der Waals surface area contributed by atoms with Crippen molar-refractivity contribution in [2.45, 2.75) is 32.6 Å². The van der Waals surface area contributed by atoms with Gasteiger partial charge in [0.15, 0.2) is 0 Å². The van der Waals surface area contributed by atoms with E-state index in [1.807, 2.05) is 24.0 Å². The van der Waals surface area contributed by atoms with Gasteiger partial charge in [0, 0.05) is 19.6 Å². The summed E-state index contributed by atoms with van der Waals surface area (Å²) in [5.74, 6) is 1.52. The van der Waals surface area contributed by atoms with Crippen LogP contribution in [0.4, 0.5) is 4.79 Å². The molecule has 1 aliphatic heterocycles. The first-order valence-electron chi connectivity index (χ1n) is 7.88. The minimum atomic E-state index is 0.0895. The number of carbonyl (C=O) groups is 1. The quantitative estimate of drug-likeness (QED) is 0.905. The molecule has 2 amide bonds. The van der Waals surface area contributed by atoms with Crippen LogP contribution in [0.1, 0.15) is 31.7 Å². The van der Waals surface area contributed by atoms with Gasteiger partial charge in [0.1, 0.15) is 5.75 Å². The first-order valence-corrected chi connectivity index (χ1v) is 7.88. The molecule has 4 heteroatoms. The van der Waals surface area contributed by atoms with Crippen molar-refractivity contribution >= 4 is 6.03 Å². The Morgan fingerprint density at radius 1 is 1.38 bits per heavy atom. The summed E-state index contributed by atoms with van der Waals surface area (Å²) >= 11 is 0. The molecule has 0 aliphatic carbocycles. The molecule has 1 N–H and O–H groups in total. The Morgan fingerprint density at radius 2 is 2.14 bits per heavy atom. The van der Waals surface area contributed by atoms with Crippen molar-refractivity contribution in [1.29, 1.82) is 0 Å². The largest absolute Gasteiger partial charge is 0.497 e. The Labute approximate surface area is 127 Å². The second-order valence-electron chi connectivity index (χ2n) is 5.68. The maximum atomic E-state index is 11.9. The van der Waals surface area contributed by atoms with Crippen LogP contribution in [-0.2, 0) is 6.42 Å². The van der Waals surface area contributed by atoms with E-state index in [1.165, 1.54) is 12.0 Å². The van der Waals surface area contributed by atoms with E-state index in [9.17, 15) is 4.79 Å². The number of benzene rings is 1. The van der Waals surface area contributed by atoms with E-state index in [4.69, 9.17) is 4.74 Å². The highest BCUT2D eigenvalue weighted by Crippen LogP contribution is 2.22. The van der Waals surface area contributed by atoms with Crippen molar-refractivity contribution < 1.29 is 9.53 Å². The first-order chi connectivity index (χ1) is 10.2. The highest BCUT2D eigenvalue weighted by atomic mass is 16.5. The number of aryl methyl sites for hydroxylation is 1. The average Bonchev–Trinajstić information content (AvgIpc) is 2.54. The standard InChI is InChI=1S/C17H26N2O2/c1-3-18-17(20)19-12-4-5-15(13-19)7-6-14-8-10-16(21-2)11-9-14/h8-11,15H,3-7,12-13H2,1-2H3,(H,18,20). The van der Waals surface area contributed by atoms with Crippen molar-refractivity contribution in [2.75, 3.05) is 26.7 Å². The number of nitrogens with one attached hydrogen (secondary N) is 1. The zero-order chi connectivity index (χ0) is 15.1. The molecule has 0 bridgehead atoms. The van der Waals surface area contributed by atoms with Gasteiger partial charge in [-0.25, -0.2) is 4.79 Å². The molecule has 1 fully saturated rings. The van der Waals surface area contributed by atoms with Crippen LogP contribution in [0.5, 0.6) is 5.75 Å². The molecule has 4 nitrogen and oxygen atoms in total. The van der Waals surface area contributed by atoms with Gasteiger partial charge < -0.3 is 15.0 Å². The Hall–Kier alpha value is -1.71. The normalized spacial score (nSPS) is 18.4. The number of ether oxygens (including phenoxy) is 1. The molecule has 0 spiro atoms. The van der Waals surface area contributed by atoms with Gasteiger partial charge in [-0.2, -0.15) is 0 Å². The third-order valence-electron chi connectivity index (χ3n) is 4.13. The van der Waals surface area contributed by atoms with E-state index in [0.29, 0.717) is 12.5 Å². The maximum absolute atomic E-state index is 11.9. The Balaban J connectivity index is 1.80. The van der Waals surface area contributed by atoms with E-state index in [-0.39, 0.29) is 6.03 Å². The second-order valence-corrected chi connectivity index (χ2v) is 5.68. The monoisotopic (exact) mass is 290 g/mol. The lowest BCUT2D eigenvalue weighted by molar-refractivity contribution is 0.163. The molecule has 1 aliphatic rings. The minimum absolute atomic E-state index is 0.0895. The molecule has 1 unspecified atom stereocenters. The Morgan fingerprint density at radius 3 is 2.81 bits per heavy atom. The molecule has 116 valence electrons. The second kappa shape index (κ2) is 7.91. The molecule has 0 aromatic heterocycles. The van der Waals surface area contributed by atoms with Gasteiger partial charge in [-0.15, -0.1) is 0 Å². The molecular weight excluding hydrogens is 264 g/mol. The first kappa shape index (κ1) is 15.7. The number of carbonyl (C=O) groups excluding carboxylic acids is 1. The summed E-state index contributed by atoms with van der Waals surface area (Å²) in [6, 6.07) is 8.37. The molecule has 1 heterocycles. The van der Waals surface area contributed by atoms with E-state index in [0.717, 1.165) is 38.1 Å². The fourth-order valence-electron chi connectivity index (χ4n) is 2.91. The number of hydrogen-bond acceptors (Lipinski definition) is 2. The molecular formula is C17H26N2O2. The predicted octanol–water partition coefficient (Wildman–Crippen LogP) is 3.07. The summed E-state index contributed by atoms with van der Waals surface area (Å²) in [5, 5.41) is 2.90. The van der Waals surface area contributed by atoms with Gasteiger partial charge in [-0.3, -0.25) is 0 Å². The van der Waals surface area contributed by atoms with E-state index >= 15 is 0 Å². The van der Waals surface area contributed by atoms with Crippen LogP contribution >= 0.6 is 0 Å². The van der Waals surface area contributed by atoms with E-state index in [1.54, 1.807) is 7.11 Å². The third-order valence-corrected chi connectivity index (χ3v) is 4.13. The van der Waals surface area contributed by atoms with Crippen molar-refractivity contribution in [1.82, 2.24) is 10.2 Å². The molecule has 21 heavy (non-hydrogen) atoms. The number of methoxy groups -OCH3 is 1. The molecule has 0 saturated carbocycles. The molecule has 0 radical (unpaired) electrons. The smallest absolute Gasteiger partial charge is 0.317 e. The van der Waals surface area contributed by atoms with Crippen molar-refractivity contribution in [3.8, 4) is 5.75 Å².